The number of thiophene rings is 1. The number of nitrogens with zero attached hydrogens (tertiary/aromatic N) is 2. The highest BCUT2D eigenvalue weighted by atomic mass is 32.1. The van der Waals surface area contributed by atoms with Crippen LogP contribution in [0.4, 0.5) is 0 Å². The lowest BCUT2D eigenvalue weighted by Crippen LogP contribution is -2.45. The number of hydrogen-bond acceptors (Lipinski definition) is 3. The summed E-state index contributed by atoms with van der Waals surface area (Å²) in [4.78, 5) is 15.4. The average Bonchev–Trinajstić information content (AvgIpc) is 3.16. The fraction of sp³-hybridized carbons (Fsp3) is 0.400. The van der Waals surface area contributed by atoms with E-state index in [-0.39, 0.29) is 12.0 Å². The largest absolute Gasteiger partial charge is 0.375 e. The summed E-state index contributed by atoms with van der Waals surface area (Å²) in [5.74, 6) is 0.116. The first-order valence-electron chi connectivity index (χ1n) is 6.91. The molecule has 0 unspecified atom stereocenters. The van der Waals surface area contributed by atoms with E-state index in [9.17, 15) is 4.79 Å². The van der Waals surface area contributed by atoms with Crippen molar-refractivity contribution in [1.29, 1.82) is 0 Å². The summed E-state index contributed by atoms with van der Waals surface area (Å²) in [5.41, 5.74) is 0.963. The summed E-state index contributed by atoms with van der Waals surface area (Å²) in [6, 6.07) is 5.93. The summed E-state index contributed by atoms with van der Waals surface area (Å²) < 4.78 is 7.62. The molecular weight excluding hydrogens is 272 g/mol. The van der Waals surface area contributed by atoms with E-state index in [0.717, 1.165) is 17.0 Å². The molecule has 1 aliphatic rings. The lowest BCUT2D eigenvalue weighted by Gasteiger charge is -2.32. The highest BCUT2D eigenvalue weighted by Gasteiger charge is 2.26. The normalized spacial score (nSPS) is 19.2. The van der Waals surface area contributed by atoms with Crippen LogP contribution in [0.15, 0.2) is 36.0 Å². The van der Waals surface area contributed by atoms with Crippen LogP contribution in [0.25, 0.3) is 5.69 Å². The molecule has 0 aliphatic carbocycles. The number of hydrogen-bond donors (Lipinski definition) is 0. The van der Waals surface area contributed by atoms with Crippen LogP contribution in [-0.2, 0) is 4.74 Å². The van der Waals surface area contributed by atoms with E-state index >= 15 is 0 Å². The molecule has 106 valence electrons. The Bertz CT molecular complexity index is 576. The van der Waals surface area contributed by atoms with Crippen molar-refractivity contribution in [3.8, 4) is 5.69 Å². The number of amides is 1. The highest BCUT2D eigenvalue weighted by Crippen LogP contribution is 2.24. The highest BCUT2D eigenvalue weighted by molar-refractivity contribution is 7.12. The Labute approximate surface area is 122 Å². The van der Waals surface area contributed by atoms with Gasteiger partial charge in [0.15, 0.2) is 0 Å². The Morgan fingerprint density at radius 2 is 2.25 bits per heavy atom. The molecule has 5 heteroatoms. The minimum absolute atomic E-state index is 0.116. The first kappa shape index (κ1) is 13.4. The quantitative estimate of drug-likeness (QED) is 0.871. The fourth-order valence-corrected chi connectivity index (χ4v) is 3.31. The number of carbonyl (C=O) groups is 1. The zero-order valence-corrected chi connectivity index (χ0v) is 12.3. The van der Waals surface area contributed by atoms with Gasteiger partial charge in [-0.2, -0.15) is 0 Å². The molecule has 1 aliphatic heterocycles. The van der Waals surface area contributed by atoms with Crippen LogP contribution in [0.1, 0.15) is 23.0 Å². The third-order valence-electron chi connectivity index (χ3n) is 3.60. The second kappa shape index (κ2) is 5.81. The van der Waals surface area contributed by atoms with Crippen molar-refractivity contribution < 1.29 is 9.53 Å². The van der Waals surface area contributed by atoms with E-state index in [0.29, 0.717) is 19.7 Å². The maximum absolute atomic E-state index is 12.7. The molecule has 2 aromatic heterocycles. The third kappa shape index (κ3) is 2.51. The maximum Gasteiger partial charge on any atom is 0.266 e. The SMILES string of the molecule is CC[C@@H]1CN(C(=O)c2sccc2-n2cccc2)CCO1. The smallest absolute Gasteiger partial charge is 0.266 e. The molecule has 4 nitrogen and oxygen atoms in total. The fourth-order valence-electron chi connectivity index (χ4n) is 2.46. The first-order valence-corrected chi connectivity index (χ1v) is 7.79. The Hall–Kier alpha value is -1.59. The number of aromatic nitrogens is 1. The zero-order valence-electron chi connectivity index (χ0n) is 11.5. The van der Waals surface area contributed by atoms with Gasteiger partial charge in [0.1, 0.15) is 4.88 Å². The van der Waals surface area contributed by atoms with Gasteiger partial charge in [-0.15, -0.1) is 11.3 Å². The minimum Gasteiger partial charge on any atom is -0.375 e. The van der Waals surface area contributed by atoms with Gasteiger partial charge < -0.3 is 14.2 Å². The van der Waals surface area contributed by atoms with Gasteiger partial charge in [0.05, 0.1) is 18.4 Å². The topological polar surface area (TPSA) is 34.5 Å². The Morgan fingerprint density at radius 3 is 3.00 bits per heavy atom. The predicted molar refractivity (Wildman–Crippen MR) is 79.6 cm³/mol. The van der Waals surface area contributed by atoms with Crippen LogP contribution in [-0.4, -0.2) is 41.2 Å². The lowest BCUT2D eigenvalue weighted by atomic mass is 10.2. The van der Waals surface area contributed by atoms with E-state index in [1.165, 1.54) is 11.3 Å². The van der Waals surface area contributed by atoms with Crippen molar-refractivity contribution in [1.82, 2.24) is 9.47 Å². The summed E-state index contributed by atoms with van der Waals surface area (Å²) in [6.07, 6.45) is 5.04. The summed E-state index contributed by atoms with van der Waals surface area (Å²) in [7, 11) is 0. The minimum atomic E-state index is 0.116. The van der Waals surface area contributed by atoms with Crippen molar-refractivity contribution in [3.63, 3.8) is 0 Å². The van der Waals surface area contributed by atoms with E-state index in [1.54, 1.807) is 0 Å². The lowest BCUT2D eigenvalue weighted by molar-refractivity contribution is -0.0224. The van der Waals surface area contributed by atoms with E-state index in [2.05, 4.69) is 6.92 Å². The van der Waals surface area contributed by atoms with Gasteiger partial charge in [-0.1, -0.05) is 6.92 Å². The average molecular weight is 290 g/mol. The molecule has 0 N–H and O–H groups in total. The van der Waals surface area contributed by atoms with Gasteiger partial charge in [-0.05, 0) is 30.0 Å². The van der Waals surface area contributed by atoms with Crippen molar-refractivity contribution in [2.24, 2.45) is 0 Å². The van der Waals surface area contributed by atoms with Crippen molar-refractivity contribution in [2.45, 2.75) is 19.4 Å². The molecule has 0 saturated carbocycles. The van der Waals surface area contributed by atoms with Crippen molar-refractivity contribution >= 4 is 17.2 Å². The van der Waals surface area contributed by atoms with E-state index in [1.807, 2.05) is 45.4 Å². The molecule has 1 amide bonds. The van der Waals surface area contributed by atoms with E-state index < -0.39 is 0 Å². The molecule has 1 saturated heterocycles. The van der Waals surface area contributed by atoms with Crippen LogP contribution in [0.5, 0.6) is 0 Å². The standard InChI is InChI=1S/C15H18N2O2S/c1-2-12-11-17(8-9-19-12)15(18)14-13(5-10-20-14)16-6-3-4-7-16/h3-7,10,12H,2,8-9,11H2,1H3/t12-/m1/s1. The maximum atomic E-state index is 12.7. The molecule has 20 heavy (non-hydrogen) atoms. The van der Waals surface area contributed by atoms with Gasteiger partial charge in [0.2, 0.25) is 0 Å². The molecule has 0 radical (unpaired) electrons. The first-order chi connectivity index (χ1) is 9.79. The Balaban J connectivity index is 1.83. The number of morpholine rings is 1. The van der Waals surface area contributed by atoms with Gasteiger partial charge in [-0.25, -0.2) is 0 Å². The molecule has 3 heterocycles. The summed E-state index contributed by atoms with van der Waals surface area (Å²) >= 11 is 1.51. The molecule has 1 atom stereocenters. The van der Waals surface area contributed by atoms with Gasteiger partial charge >= 0.3 is 0 Å². The molecule has 0 spiro atoms. The molecule has 2 aromatic rings. The molecule has 0 bridgehead atoms. The Kier molecular flexibility index (Phi) is 3.89. The second-order valence-corrected chi connectivity index (χ2v) is 5.79. The zero-order chi connectivity index (χ0) is 13.9. The molecule has 3 rings (SSSR count). The number of ether oxygens (including phenoxy) is 1. The molecule has 0 aromatic carbocycles. The van der Waals surface area contributed by atoms with E-state index in [4.69, 9.17) is 4.74 Å². The molecule has 1 fully saturated rings. The number of carbonyl (C=O) groups excluding carboxylic acids is 1. The second-order valence-electron chi connectivity index (χ2n) is 4.88. The Morgan fingerprint density at radius 1 is 1.45 bits per heavy atom. The van der Waals surface area contributed by atoms with Crippen molar-refractivity contribution in [2.75, 3.05) is 19.7 Å². The predicted octanol–water partition coefficient (Wildman–Crippen LogP) is 2.79. The number of rotatable bonds is 3. The summed E-state index contributed by atoms with van der Waals surface area (Å²) in [5, 5.41) is 1.97. The van der Waals surface area contributed by atoms with Crippen LogP contribution in [0.2, 0.25) is 0 Å². The monoisotopic (exact) mass is 290 g/mol. The summed E-state index contributed by atoms with van der Waals surface area (Å²) in [6.45, 7) is 4.10. The van der Waals surface area contributed by atoms with Gasteiger partial charge in [0.25, 0.3) is 5.91 Å². The molecular formula is C15H18N2O2S. The van der Waals surface area contributed by atoms with Crippen molar-refractivity contribution in [3.05, 3.63) is 40.8 Å². The van der Waals surface area contributed by atoms with Gasteiger partial charge in [0, 0.05) is 25.5 Å². The third-order valence-corrected chi connectivity index (χ3v) is 4.49. The van der Waals surface area contributed by atoms with Gasteiger partial charge in [-0.3, -0.25) is 4.79 Å². The van der Waals surface area contributed by atoms with Crippen LogP contribution < -0.4 is 0 Å². The van der Waals surface area contributed by atoms with Crippen LogP contribution in [0.3, 0.4) is 0 Å². The van der Waals surface area contributed by atoms with Crippen LogP contribution in [0, 0.1) is 0 Å². The van der Waals surface area contributed by atoms with Crippen LogP contribution >= 0.6 is 11.3 Å².